The van der Waals surface area contributed by atoms with Crippen LogP contribution in [0.4, 0.5) is 0 Å². The third kappa shape index (κ3) is 3.04. The van der Waals surface area contributed by atoms with Crippen LogP contribution < -0.4 is 9.47 Å². The lowest BCUT2D eigenvalue weighted by Gasteiger charge is -2.40. The van der Waals surface area contributed by atoms with Crippen molar-refractivity contribution in [3.63, 3.8) is 0 Å². The van der Waals surface area contributed by atoms with E-state index in [1.54, 1.807) is 14.2 Å². The van der Waals surface area contributed by atoms with Crippen molar-refractivity contribution in [2.75, 3.05) is 14.2 Å². The van der Waals surface area contributed by atoms with Gasteiger partial charge in [0.1, 0.15) is 23.7 Å². The van der Waals surface area contributed by atoms with Crippen LogP contribution in [-0.2, 0) is 10.2 Å². The predicted octanol–water partition coefficient (Wildman–Crippen LogP) is 3.77. The van der Waals surface area contributed by atoms with Gasteiger partial charge in [0, 0.05) is 19.1 Å². The van der Waals surface area contributed by atoms with E-state index in [1.807, 2.05) is 18.2 Å². The predicted molar refractivity (Wildman–Crippen MR) is 81.2 cm³/mol. The maximum Gasteiger partial charge on any atom is 0.128 e. The normalized spacial score (nSPS) is 26.0. The highest BCUT2D eigenvalue weighted by atomic mass is 35.5. The van der Waals surface area contributed by atoms with Gasteiger partial charge in [-0.25, -0.2) is 0 Å². The van der Waals surface area contributed by atoms with Crippen molar-refractivity contribution in [1.29, 1.82) is 0 Å². The van der Waals surface area contributed by atoms with Gasteiger partial charge in [-0.1, -0.05) is 20.8 Å². The highest BCUT2D eigenvalue weighted by Gasteiger charge is 2.42. The summed E-state index contributed by atoms with van der Waals surface area (Å²) in [6.07, 6.45) is 0.805. The first-order valence-electron chi connectivity index (χ1n) is 6.89. The second kappa shape index (κ2) is 5.82. The molecule has 0 bridgehead atoms. The highest BCUT2D eigenvalue weighted by Crippen LogP contribution is 2.38. The highest BCUT2D eigenvalue weighted by molar-refractivity contribution is 6.21. The fourth-order valence-corrected chi connectivity index (χ4v) is 2.87. The lowest BCUT2D eigenvalue weighted by atomic mass is 9.85. The van der Waals surface area contributed by atoms with Crippen LogP contribution in [0.2, 0.25) is 0 Å². The summed E-state index contributed by atoms with van der Waals surface area (Å²) in [4.78, 5) is 0. The molecule has 112 valence electrons. The summed E-state index contributed by atoms with van der Waals surface area (Å²) in [5.41, 5.74) is 1.11. The molecular weight excluding hydrogens is 276 g/mol. The molecule has 0 heterocycles. The molecule has 0 radical (unpaired) electrons. The molecule has 0 aromatic heterocycles. The minimum absolute atomic E-state index is 0.0173. The van der Waals surface area contributed by atoms with Gasteiger partial charge in [0.15, 0.2) is 0 Å². The van der Waals surface area contributed by atoms with Crippen molar-refractivity contribution in [2.45, 2.75) is 50.2 Å². The standard InChI is InChI=1S/C16H23ClO3/c1-16(2,3)11-8-10(18-4)6-7-13(11)20-14-9-12(17)15(14)19-5/h6-8,12,14-15H,9H2,1-5H3. The lowest BCUT2D eigenvalue weighted by Crippen LogP contribution is -2.52. The van der Waals surface area contributed by atoms with Crippen LogP contribution >= 0.6 is 11.6 Å². The Kier molecular flexibility index (Phi) is 4.50. The van der Waals surface area contributed by atoms with Gasteiger partial charge in [-0.2, -0.15) is 0 Å². The summed E-state index contributed by atoms with van der Waals surface area (Å²) >= 11 is 6.13. The van der Waals surface area contributed by atoms with E-state index >= 15 is 0 Å². The van der Waals surface area contributed by atoms with Crippen LogP contribution in [0.5, 0.6) is 11.5 Å². The van der Waals surface area contributed by atoms with E-state index in [-0.39, 0.29) is 23.0 Å². The summed E-state index contributed by atoms with van der Waals surface area (Å²) in [7, 11) is 3.35. The summed E-state index contributed by atoms with van der Waals surface area (Å²) in [6.45, 7) is 6.48. The van der Waals surface area contributed by atoms with Gasteiger partial charge in [-0.05, 0) is 23.6 Å². The first-order valence-corrected chi connectivity index (χ1v) is 7.32. The fourth-order valence-electron chi connectivity index (χ4n) is 2.43. The molecule has 0 amide bonds. The zero-order valence-electron chi connectivity index (χ0n) is 12.8. The van der Waals surface area contributed by atoms with E-state index in [4.69, 9.17) is 25.8 Å². The Balaban J connectivity index is 2.23. The van der Waals surface area contributed by atoms with Crippen LogP contribution in [0.15, 0.2) is 18.2 Å². The Labute approximate surface area is 126 Å². The molecule has 3 atom stereocenters. The van der Waals surface area contributed by atoms with E-state index in [1.165, 1.54) is 0 Å². The SMILES string of the molecule is COc1ccc(OC2CC(Cl)C2OC)c(C(C)(C)C)c1. The molecule has 0 aliphatic heterocycles. The first-order chi connectivity index (χ1) is 9.36. The summed E-state index contributed by atoms with van der Waals surface area (Å²) < 4.78 is 16.8. The summed E-state index contributed by atoms with van der Waals surface area (Å²) in [6, 6.07) is 5.92. The van der Waals surface area contributed by atoms with Crippen molar-refractivity contribution >= 4 is 11.6 Å². The molecule has 1 aromatic rings. The molecule has 0 spiro atoms. The van der Waals surface area contributed by atoms with Crippen molar-refractivity contribution in [2.24, 2.45) is 0 Å². The van der Waals surface area contributed by atoms with Gasteiger partial charge in [0.25, 0.3) is 0 Å². The molecule has 20 heavy (non-hydrogen) atoms. The van der Waals surface area contributed by atoms with Gasteiger partial charge in [0.2, 0.25) is 0 Å². The van der Waals surface area contributed by atoms with Crippen LogP contribution in [0.25, 0.3) is 0 Å². The van der Waals surface area contributed by atoms with Crippen molar-refractivity contribution in [1.82, 2.24) is 0 Å². The zero-order chi connectivity index (χ0) is 14.9. The Bertz CT molecular complexity index is 467. The number of hydrogen-bond donors (Lipinski definition) is 0. The molecule has 2 rings (SSSR count). The second-order valence-electron chi connectivity index (χ2n) is 6.22. The van der Waals surface area contributed by atoms with Gasteiger partial charge < -0.3 is 14.2 Å². The van der Waals surface area contributed by atoms with E-state index in [9.17, 15) is 0 Å². The number of methoxy groups -OCH3 is 2. The third-order valence-corrected chi connectivity index (χ3v) is 4.15. The quantitative estimate of drug-likeness (QED) is 0.792. The smallest absolute Gasteiger partial charge is 0.128 e. The number of halogens is 1. The minimum Gasteiger partial charge on any atom is -0.497 e. The molecular formula is C16H23ClO3. The van der Waals surface area contributed by atoms with E-state index in [0.29, 0.717) is 0 Å². The summed E-state index contributed by atoms with van der Waals surface area (Å²) in [5, 5.41) is 0.0429. The van der Waals surface area contributed by atoms with E-state index in [0.717, 1.165) is 23.5 Å². The molecule has 1 fully saturated rings. The Morgan fingerprint density at radius 1 is 1.20 bits per heavy atom. The molecule has 3 nitrogen and oxygen atoms in total. The largest absolute Gasteiger partial charge is 0.497 e. The minimum atomic E-state index is -0.0356. The molecule has 1 saturated carbocycles. The molecule has 1 aliphatic carbocycles. The molecule has 1 aliphatic rings. The average molecular weight is 299 g/mol. The van der Waals surface area contributed by atoms with Crippen LogP contribution in [-0.4, -0.2) is 31.8 Å². The van der Waals surface area contributed by atoms with Crippen molar-refractivity contribution in [3.05, 3.63) is 23.8 Å². The molecule has 3 unspecified atom stereocenters. The van der Waals surface area contributed by atoms with Crippen molar-refractivity contribution in [3.8, 4) is 11.5 Å². The summed E-state index contributed by atoms with van der Waals surface area (Å²) in [5.74, 6) is 1.73. The second-order valence-corrected chi connectivity index (χ2v) is 6.78. The molecule has 4 heteroatoms. The Morgan fingerprint density at radius 2 is 1.90 bits per heavy atom. The average Bonchev–Trinajstić information content (AvgIpc) is 2.37. The van der Waals surface area contributed by atoms with Gasteiger partial charge in [-0.15, -0.1) is 11.6 Å². The number of alkyl halides is 1. The molecule has 0 saturated heterocycles. The monoisotopic (exact) mass is 298 g/mol. The number of benzene rings is 1. The Hall–Kier alpha value is -0.930. The number of hydrogen-bond acceptors (Lipinski definition) is 3. The topological polar surface area (TPSA) is 27.7 Å². The first kappa shape index (κ1) is 15.5. The van der Waals surface area contributed by atoms with E-state index in [2.05, 4.69) is 20.8 Å². The van der Waals surface area contributed by atoms with Gasteiger partial charge in [0.05, 0.1) is 12.5 Å². The van der Waals surface area contributed by atoms with Crippen LogP contribution in [0.3, 0.4) is 0 Å². The molecule has 1 aromatic carbocycles. The number of ether oxygens (including phenoxy) is 3. The zero-order valence-corrected chi connectivity index (χ0v) is 13.5. The lowest BCUT2D eigenvalue weighted by molar-refractivity contribution is -0.0589. The van der Waals surface area contributed by atoms with Gasteiger partial charge >= 0.3 is 0 Å². The van der Waals surface area contributed by atoms with Crippen molar-refractivity contribution < 1.29 is 14.2 Å². The fraction of sp³-hybridized carbons (Fsp3) is 0.625. The van der Waals surface area contributed by atoms with E-state index < -0.39 is 0 Å². The van der Waals surface area contributed by atoms with Crippen LogP contribution in [0, 0.1) is 0 Å². The maximum atomic E-state index is 6.13. The third-order valence-electron chi connectivity index (χ3n) is 3.73. The van der Waals surface area contributed by atoms with Crippen LogP contribution in [0.1, 0.15) is 32.8 Å². The Morgan fingerprint density at radius 3 is 2.40 bits per heavy atom. The molecule has 0 N–H and O–H groups in total. The maximum absolute atomic E-state index is 6.13. The van der Waals surface area contributed by atoms with Gasteiger partial charge in [-0.3, -0.25) is 0 Å². The number of rotatable bonds is 4.